The predicted octanol–water partition coefficient (Wildman–Crippen LogP) is 2.25. The first-order valence-electron chi connectivity index (χ1n) is 6.10. The average Bonchev–Trinajstić information content (AvgIpc) is 2.70. The Morgan fingerprint density at radius 1 is 1.44 bits per heavy atom. The molecule has 94 valence electrons. The van der Waals surface area contributed by atoms with Gasteiger partial charge in [-0.15, -0.1) is 0 Å². The van der Waals surface area contributed by atoms with Crippen molar-refractivity contribution in [3.63, 3.8) is 0 Å². The third-order valence-corrected chi connectivity index (χ3v) is 3.20. The largest absolute Gasteiger partial charge is 0.445 e. The zero-order valence-electron chi connectivity index (χ0n) is 9.90. The molecule has 1 aromatic carbocycles. The molecule has 0 bridgehead atoms. The molecule has 1 aromatic heterocycles. The van der Waals surface area contributed by atoms with E-state index in [1.165, 1.54) is 12.1 Å². The van der Waals surface area contributed by atoms with Gasteiger partial charge in [0.05, 0.1) is 11.8 Å². The predicted molar refractivity (Wildman–Crippen MR) is 63.7 cm³/mol. The van der Waals surface area contributed by atoms with Crippen LogP contribution in [-0.2, 0) is 19.3 Å². The maximum atomic E-state index is 13.1. The van der Waals surface area contributed by atoms with Crippen molar-refractivity contribution in [2.24, 2.45) is 0 Å². The molecule has 0 saturated heterocycles. The Morgan fingerprint density at radius 2 is 2.33 bits per heavy atom. The van der Waals surface area contributed by atoms with Gasteiger partial charge in [0.25, 0.3) is 0 Å². The van der Waals surface area contributed by atoms with Gasteiger partial charge >= 0.3 is 0 Å². The maximum Gasteiger partial charge on any atom is 0.199 e. The minimum absolute atomic E-state index is 0.251. The van der Waals surface area contributed by atoms with Crippen molar-refractivity contribution in [1.82, 2.24) is 4.98 Å². The standard InChI is InChI=1S/C14H14FNO2/c15-10-3-1-2-9(6-10)7-14-16-12-8-11(17)4-5-13(12)18-14/h1-3,6,11,17H,4-5,7-8H2. The van der Waals surface area contributed by atoms with Crippen LogP contribution in [0.2, 0.25) is 0 Å². The van der Waals surface area contributed by atoms with E-state index in [2.05, 4.69) is 4.98 Å². The van der Waals surface area contributed by atoms with Gasteiger partial charge in [0.1, 0.15) is 11.6 Å². The van der Waals surface area contributed by atoms with Crippen LogP contribution in [0.4, 0.5) is 4.39 Å². The molecule has 0 fully saturated rings. The van der Waals surface area contributed by atoms with E-state index in [0.717, 1.165) is 29.9 Å². The lowest BCUT2D eigenvalue weighted by Gasteiger charge is -2.13. The fraction of sp³-hybridized carbons (Fsp3) is 0.357. The van der Waals surface area contributed by atoms with Gasteiger partial charge in [-0.3, -0.25) is 0 Å². The SMILES string of the molecule is OC1CCc2oc(Cc3cccc(F)c3)nc2C1. The Morgan fingerprint density at radius 3 is 3.17 bits per heavy atom. The smallest absolute Gasteiger partial charge is 0.199 e. The van der Waals surface area contributed by atoms with Crippen molar-refractivity contribution in [1.29, 1.82) is 0 Å². The molecule has 0 spiro atoms. The van der Waals surface area contributed by atoms with Crippen molar-refractivity contribution in [3.8, 4) is 0 Å². The lowest BCUT2D eigenvalue weighted by molar-refractivity contribution is 0.153. The fourth-order valence-corrected chi connectivity index (χ4v) is 2.31. The molecule has 0 amide bonds. The number of hydrogen-bond acceptors (Lipinski definition) is 3. The Kier molecular flexibility index (Phi) is 2.88. The van der Waals surface area contributed by atoms with E-state index >= 15 is 0 Å². The first-order valence-corrected chi connectivity index (χ1v) is 6.10. The fourth-order valence-electron chi connectivity index (χ4n) is 2.31. The number of benzene rings is 1. The number of aryl methyl sites for hydroxylation is 1. The summed E-state index contributed by atoms with van der Waals surface area (Å²) in [4.78, 5) is 4.38. The Hall–Kier alpha value is -1.68. The van der Waals surface area contributed by atoms with E-state index < -0.39 is 0 Å². The van der Waals surface area contributed by atoms with E-state index in [9.17, 15) is 9.50 Å². The summed E-state index contributed by atoms with van der Waals surface area (Å²) < 4.78 is 18.7. The second-order valence-corrected chi connectivity index (χ2v) is 4.68. The third-order valence-electron chi connectivity index (χ3n) is 3.20. The highest BCUT2D eigenvalue weighted by molar-refractivity contribution is 5.22. The molecule has 4 heteroatoms. The number of aromatic nitrogens is 1. The van der Waals surface area contributed by atoms with E-state index in [4.69, 9.17) is 4.42 Å². The van der Waals surface area contributed by atoms with Crippen LogP contribution in [0.3, 0.4) is 0 Å². The molecular formula is C14H14FNO2. The molecule has 3 nitrogen and oxygen atoms in total. The van der Waals surface area contributed by atoms with E-state index in [1.54, 1.807) is 6.07 Å². The van der Waals surface area contributed by atoms with Crippen molar-refractivity contribution < 1.29 is 13.9 Å². The number of aliphatic hydroxyl groups excluding tert-OH is 1. The maximum absolute atomic E-state index is 13.1. The molecule has 1 aliphatic rings. The number of halogens is 1. The molecule has 0 radical (unpaired) electrons. The molecule has 18 heavy (non-hydrogen) atoms. The van der Waals surface area contributed by atoms with Crippen LogP contribution >= 0.6 is 0 Å². The van der Waals surface area contributed by atoms with Crippen LogP contribution in [0.1, 0.15) is 29.3 Å². The summed E-state index contributed by atoms with van der Waals surface area (Å²) >= 11 is 0. The highest BCUT2D eigenvalue weighted by atomic mass is 19.1. The van der Waals surface area contributed by atoms with Gasteiger partial charge in [-0.1, -0.05) is 12.1 Å². The van der Waals surface area contributed by atoms with Gasteiger partial charge in [-0.05, 0) is 24.1 Å². The highest BCUT2D eigenvalue weighted by Crippen LogP contribution is 2.23. The number of fused-ring (bicyclic) bond motifs is 1. The zero-order valence-corrected chi connectivity index (χ0v) is 9.90. The summed E-state index contributed by atoms with van der Waals surface area (Å²) in [6.45, 7) is 0. The van der Waals surface area contributed by atoms with Crippen molar-refractivity contribution in [3.05, 3.63) is 53.0 Å². The number of rotatable bonds is 2. The molecular weight excluding hydrogens is 233 g/mol. The number of aliphatic hydroxyl groups is 1. The van der Waals surface area contributed by atoms with Gasteiger partial charge in [-0.2, -0.15) is 0 Å². The minimum atomic E-state index is -0.315. The van der Waals surface area contributed by atoms with Crippen molar-refractivity contribution in [2.45, 2.75) is 31.8 Å². The summed E-state index contributed by atoms with van der Waals surface area (Å²) in [5.41, 5.74) is 1.69. The van der Waals surface area contributed by atoms with Crippen LogP contribution in [0.5, 0.6) is 0 Å². The average molecular weight is 247 g/mol. The summed E-state index contributed by atoms with van der Waals surface area (Å²) in [6.07, 6.45) is 2.18. The van der Waals surface area contributed by atoms with Gasteiger partial charge in [0.2, 0.25) is 0 Å². The van der Waals surface area contributed by atoms with Crippen LogP contribution in [0.15, 0.2) is 28.7 Å². The topological polar surface area (TPSA) is 46.3 Å². The van der Waals surface area contributed by atoms with Crippen molar-refractivity contribution in [2.75, 3.05) is 0 Å². The summed E-state index contributed by atoms with van der Waals surface area (Å²) in [5, 5.41) is 9.56. The summed E-state index contributed by atoms with van der Waals surface area (Å²) in [5.74, 6) is 1.21. The first kappa shape index (κ1) is 11.4. The van der Waals surface area contributed by atoms with Crippen LogP contribution in [0.25, 0.3) is 0 Å². The van der Waals surface area contributed by atoms with E-state index in [1.807, 2.05) is 6.07 Å². The van der Waals surface area contributed by atoms with E-state index in [-0.39, 0.29) is 11.9 Å². The quantitative estimate of drug-likeness (QED) is 0.885. The van der Waals surface area contributed by atoms with Crippen LogP contribution in [0, 0.1) is 5.82 Å². The monoisotopic (exact) mass is 247 g/mol. The van der Waals surface area contributed by atoms with Gasteiger partial charge in [-0.25, -0.2) is 9.37 Å². The number of hydrogen-bond donors (Lipinski definition) is 1. The molecule has 2 aromatic rings. The number of oxazole rings is 1. The Bertz CT molecular complexity index is 565. The van der Waals surface area contributed by atoms with Gasteiger partial charge in [0.15, 0.2) is 5.89 Å². The summed E-state index contributed by atoms with van der Waals surface area (Å²) in [7, 11) is 0. The molecule has 1 atom stereocenters. The second-order valence-electron chi connectivity index (χ2n) is 4.68. The van der Waals surface area contributed by atoms with Crippen molar-refractivity contribution >= 4 is 0 Å². The van der Waals surface area contributed by atoms with E-state index in [0.29, 0.717) is 18.7 Å². The van der Waals surface area contributed by atoms with Gasteiger partial charge in [0, 0.05) is 19.3 Å². The minimum Gasteiger partial charge on any atom is -0.445 e. The third kappa shape index (κ3) is 2.29. The molecule has 3 rings (SSSR count). The molecule has 1 N–H and O–H groups in total. The molecule has 0 aliphatic heterocycles. The lowest BCUT2D eigenvalue weighted by Crippen LogP contribution is -2.17. The normalized spacial score (nSPS) is 18.7. The Labute approximate surface area is 104 Å². The Balaban J connectivity index is 1.82. The number of nitrogens with zero attached hydrogens (tertiary/aromatic N) is 1. The zero-order chi connectivity index (χ0) is 12.5. The molecule has 1 aliphatic carbocycles. The summed E-state index contributed by atoms with van der Waals surface area (Å²) in [6, 6.07) is 6.43. The lowest BCUT2D eigenvalue weighted by atomic mass is 9.99. The highest BCUT2D eigenvalue weighted by Gasteiger charge is 2.22. The molecule has 1 heterocycles. The second kappa shape index (κ2) is 4.53. The van der Waals surface area contributed by atoms with Gasteiger partial charge < -0.3 is 9.52 Å². The molecule has 0 saturated carbocycles. The molecule has 1 unspecified atom stereocenters. The van der Waals surface area contributed by atoms with Crippen LogP contribution in [-0.4, -0.2) is 16.2 Å². The van der Waals surface area contributed by atoms with Crippen LogP contribution < -0.4 is 0 Å². The first-order chi connectivity index (χ1) is 8.70.